The Bertz CT molecular complexity index is 729. The first-order valence-electron chi connectivity index (χ1n) is 8.62. The Morgan fingerprint density at radius 3 is 2.76 bits per heavy atom. The van der Waals surface area contributed by atoms with E-state index in [0.717, 1.165) is 23.3 Å². The largest absolute Gasteiger partial charge is 0.493 e. The second-order valence-electron chi connectivity index (χ2n) is 6.53. The number of hydrogen-bond acceptors (Lipinski definition) is 3. The molecule has 2 atom stereocenters. The van der Waals surface area contributed by atoms with Gasteiger partial charge in [0, 0.05) is 18.5 Å². The van der Waals surface area contributed by atoms with Crippen LogP contribution in [-0.2, 0) is 5.60 Å². The van der Waals surface area contributed by atoms with Crippen LogP contribution >= 0.6 is 0 Å². The van der Waals surface area contributed by atoms with Crippen molar-refractivity contribution < 1.29 is 9.84 Å². The molecule has 0 aromatic heterocycles. The van der Waals surface area contributed by atoms with E-state index >= 15 is 0 Å². The molecule has 1 aliphatic rings. The monoisotopic (exact) mass is 339 g/mol. The van der Waals surface area contributed by atoms with Crippen LogP contribution in [0.2, 0.25) is 0 Å². The lowest BCUT2D eigenvalue weighted by Gasteiger charge is -2.27. The highest BCUT2D eigenvalue weighted by Crippen LogP contribution is 2.31. The smallest absolute Gasteiger partial charge is 0.189 e. The fraction of sp³-hybridized carbons (Fsp3) is 0.350. The standard InChI is InChI=1S/C20H25N3O2/c1-20(24,15-7-3-2-4-8-15)12-13-22-19(21)23-17-11-14-25-18-10-6-5-9-16(17)18/h2-10,17,24H,11-14H2,1H3,(H3,21,22,23). The summed E-state index contributed by atoms with van der Waals surface area (Å²) >= 11 is 0. The van der Waals surface area contributed by atoms with Crippen molar-refractivity contribution in [2.45, 2.75) is 31.4 Å². The van der Waals surface area contributed by atoms with Gasteiger partial charge in [0.1, 0.15) is 5.75 Å². The van der Waals surface area contributed by atoms with Crippen molar-refractivity contribution >= 4 is 5.96 Å². The summed E-state index contributed by atoms with van der Waals surface area (Å²) in [4.78, 5) is 4.38. The third-order valence-electron chi connectivity index (χ3n) is 4.56. The van der Waals surface area contributed by atoms with Crippen molar-refractivity contribution in [2.75, 3.05) is 13.2 Å². The van der Waals surface area contributed by atoms with Crippen molar-refractivity contribution in [3.63, 3.8) is 0 Å². The normalized spacial score (nSPS) is 19.4. The van der Waals surface area contributed by atoms with Crippen molar-refractivity contribution in [3.8, 4) is 5.75 Å². The minimum absolute atomic E-state index is 0.100. The molecule has 5 heteroatoms. The van der Waals surface area contributed by atoms with Crippen molar-refractivity contribution in [2.24, 2.45) is 10.7 Å². The Labute approximate surface area is 148 Å². The molecule has 0 fully saturated rings. The van der Waals surface area contributed by atoms with Gasteiger partial charge in [0.15, 0.2) is 5.96 Å². The molecule has 1 heterocycles. The highest BCUT2D eigenvalue weighted by Gasteiger charge is 2.23. The Hall–Kier alpha value is -2.53. The molecule has 25 heavy (non-hydrogen) atoms. The molecule has 0 radical (unpaired) electrons. The van der Waals surface area contributed by atoms with E-state index in [0.29, 0.717) is 25.5 Å². The molecule has 0 saturated heterocycles. The maximum absolute atomic E-state index is 10.6. The topological polar surface area (TPSA) is 79.9 Å². The molecule has 2 aromatic rings. The van der Waals surface area contributed by atoms with E-state index in [2.05, 4.69) is 10.3 Å². The third-order valence-corrected chi connectivity index (χ3v) is 4.56. The van der Waals surface area contributed by atoms with Crippen LogP contribution in [0.5, 0.6) is 5.75 Å². The van der Waals surface area contributed by atoms with E-state index in [1.54, 1.807) is 6.92 Å². The summed E-state index contributed by atoms with van der Waals surface area (Å²) in [6, 6.07) is 17.7. The fourth-order valence-electron chi connectivity index (χ4n) is 3.05. The molecule has 4 N–H and O–H groups in total. The second kappa shape index (κ2) is 7.57. The number of nitrogens with one attached hydrogen (secondary N) is 1. The van der Waals surface area contributed by atoms with Gasteiger partial charge >= 0.3 is 0 Å². The molecule has 0 amide bonds. The van der Waals surface area contributed by atoms with Crippen LogP contribution in [0.25, 0.3) is 0 Å². The predicted molar refractivity (Wildman–Crippen MR) is 99.5 cm³/mol. The zero-order chi connectivity index (χ0) is 17.7. The maximum atomic E-state index is 10.6. The highest BCUT2D eigenvalue weighted by molar-refractivity contribution is 5.78. The fourth-order valence-corrected chi connectivity index (χ4v) is 3.05. The van der Waals surface area contributed by atoms with E-state index in [1.165, 1.54) is 0 Å². The Morgan fingerprint density at radius 1 is 1.24 bits per heavy atom. The Balaban J connectivity index is 1.58. The van der Waals surface area contributed by atoms with Gasteiger partial charge in [-0.05, 0) is 25.0 Å². The first-order valence-corrected chi connectivity index (χ1v) is 8.62. The molecule has 0 bridgehead atoms. The van der Waals surface area contributed by atoms with E-state index in [4.69, 9.17) is 10.5 Å². The highest BCUT2D eigenvalue weighted by atomic mass is 16.5. The minimum atomic E-state index is -0.920. The zero-order valence-electron chi connectivity index (χ0n) is 14.5. The third kappa shape index (κ3) is 4.31. The zero-order valence-corrected chi connectivity index (χ0v) is 14.5. The van der Waals surface area contributed by atoms with Gasteiger partial charge in [0.05, 0.1) is 18.2 Å². The lowest BCUT2D eigenvalue weighted by molar-refractivity contribution is 0.0505. The van der Waals surface area contributed by atoms with Crippen LogP contribution in [0.15, 0.2) is 59.6 Å². The van der Waals surface area contributed by atoms with E-state index in [1.807, 2.05) is 54.6 Å². The quantitative estimate of drug-likeness (QED) is 0.578. The molecule has 5 nitrogen and oxygen atoms in total. The van der Waals surface area contributed by atoms with Crippen LogP contribution in [0, 0.1) is 0 Å². The summed E-state index contributed by atoms with van der Waals surface area (Å²) in [6.07, 6.45) is 1.35. The molecular weight excluding hydrogens is 314 g/mol. The average Bonchev–Trinajstić information content (AvgIpc) is 2.63. The average molecular weight is 339 g/mol. The van der Waals surface area contributed by atoms with Gasteiger partial charge in [-0.15, -0.1) is 0 Å². The lowest BCUT2D eigenvalue weighted by Crippen LogP contribution is -2.37. The number of nitrogens with two attached hydrogens (primary N) is 1. The van der Waals surface area contributed by atoms with Crippen LogP contribution in [0.4, 0.5) is 0 Å². The minimum Gasteiger partial charge on any atom is -0.493 e. The molecule has 3 rings (SSSR count). The number of aliphatic imine (C=N–C) groups is 1. The number of rotatable bonds is 5. The molecule has 0 spiro atoms. The van der Waals surface area contributed by atoms with Crippen molar-refractivity contribution in [1.82, 2.24) is 5.32 Å². The van der Waals surface area contributed by atoms with Gasteiger partial charge in [0.2, 0.25) is 0 Å². The summed E-state index contributed by atoms with van der Waals surface area (Å²) in [6.45, 7) is 2.91. The van der Waals surface area contributed by atoms with Crippen LogP contribution in [0.3, 0.4) is 0 Å². The lowest BCUT2D eigenvalue weighted by atomic mass is 9.93. The van der Waals surface area contributed by atoms with Gasteiger partial charge in [-0.3, -0.25) is 4.99 Å². The molecule has 2 unspecified atom stereocenters. The van der Waals surface area contributed by atoms with Gasteiger partial charge in [0.25, 0.3) is 0 Å². The predicted octanol–water partition coefficient (Wildman–Crippen LogP) is 2.71. The van der Waals surface area contributed by atoms with Gasteiger partial charge in [-0.25, -0.2) is 0 Å². The Morgan fingerprint density at radius 2 is 1.96 bits per heavy atom. The van der Waals surface area contributed by atoms with Crippen molar-refractivity contribution in [3.05, 3.63) is 65.7 Å². The number of guanidine groups is 1. The summed E-state index contributed by atoms with van der Waals surface area (Å²) in [7, 11) is 0. The van der Waals surface area contributed by atoms with E-state index in [-0.39, 0.29) is 6.04 Å². The van der Waals surface area contributed by atoms with Gasteiger partial charge in [-0.2, -0.15) is 0 Å². The first kappa shape index (κ1) is 17.3. The van der Waals surface area contributed by atoms with Crippen LogP contribution in [-0.4, -0.2) is 24.2 Å². The maximum Gasteiger partial charge on any atom is 0.189 e. The number of para-hydroxylation sites is 1. The second-order valence-corrected chi connectivity index (χ2v) is 6.53. The number of ether oxygens (including phenoxy) is 1. The van der Waals surface area contributed by atoms with E-state index < -0.39 is 5.60 Å². The number of aliphatic hydroxyl groups is 1. The summed E-state index contributed by atoms with van der Waals surface area (Å²) in [5.41, 5.74) is 7.11. The molecule has 0 aliphatic carbocycles. The SMILES string of the molecule is CC(O)(CCN=C(N)NC1CCOc2ccccc21)c1ccccc1. The van der Waals surface area contributed by atoms with Gasteiger partial charge < -0.3 is 20.9 Å². The summed E-state index contributed by atoms with van der Waals surface area (Å²) < 4.78 is 5.66. The van der Waals surface area contributed by atoms with Crippen LogP contribution < -0.4 is 15.8 Å². The number of fused-ring (bicyclic) bond motifs is 1. The van der Waals surface area contributed by atoms with Crippen molar-refractivity contribution in [1.29, 1.82) is 0 Å². The first-order chi connectivity index (χ1) is 12.1. The van der Waals surface area contributed by atoms with Gasteiger partial charge in [-0.1, -0.05) is 48.5 Å². The number of benzene rings is 2. The molecule has 0 saturated carbocycles. The number of nitrogens with zero attached hydrogens (tertiary/aromatic N) is 1. The molecular formula is C20H25N3O2. The van der Waals surface area contributed by atoms with Crippen LogP contribution in [0.1, 0.15) is 36.9 Å². The van der Waals surface area contributed by atoms with E-state index in [9.17, 15) is 5.11 Å². The summed E-state index contributed by atoms with van der Waals surface area (Å²) in [5.74, 6) is 1.29. The molecule has 2 aromatic carbocycles. The Kier molecular flexibility index (Phi) is 5.24. The summed E-state index contributed by atoms with van der Waals surface area (Å²) in [5, 5.41) is 13.9. The molecule has 132 valence electrons. The molecule has 1 aliphatic heterocycles. The number of hydrogen-bond donors (Lipinski definition) is 3.